The van der Waals surface area contributed by atoms with Crippen molar-refractivity contribution in [3.63, 3.8) is 0 Å². The van der Waals surface area contributed by atoms with Crippen molar-refractivity contribution in [2.75, 3.05) is 14.2 Å². The first-order chi connectivity index (χ1) is 13.0. The van der Waals surface area contributed by atoms with Crippen LogP contribution in [-0.2, 0) is 0 Å². The van der Waals surface area contributed by atoms with E-state index < -0.39 is 5.82 Å². The van der Waals surface area contributed by atoms with Gasteiger partial charge in [0, 0.05) is 18.3 Å². The number of aryl methyl sites for hydroxylation is 1. The lowest BCUT2D eigenvalue weighted by Gasteiger charge is -2.06. The van der Waals surface area contributed by atoms with Crippen LogP contribution in [0.25, 0.3) is 5.69 Å². The molecule has 0 radical (unpaired) electrons. The van der Waals surface area contributed by atoms with Crippen LogP contribution in [0, 0.1) is 35.4 Å². The number of benzene rings is 2. The molecular weight excluding hydrogens is 347 g/mol. The molecule has 0 atom stereocenters. The van der Waals surface area contributed by atoms with Crippen LogP contribution in [0.1, 0.15) is 16.8 Å². The fourth-order valence-electron chi connectivity index (χ4n) is 2.23. The highest BCUT2D eigenvalue weighted by Gasteiger charge is 2.06. The molecule has 0 bridgehead atoms. The van der Waals surface area contributed by atoms with Gasteiger partial charge in [0.25, 0.3) is 0 Å². The molecule has 136 valence electrons. The van der Waals surface area contributed by atoms with Crippen molar-refractivity contribution in [3.8, 4) is 29.3 Å². The molecule has 3 rings (SSSR count). The summed E-state index contributed by atoms with van der Waals surface area (Å²) in [5, 5.41) is 17.5. The Hall–Kier alpha value is -3.84. The minimum atomic E-state index is -0.520. The van der Waals surface area contributed by atoms with E-state index in [9.17, 15) is 4.39 Å². The van der Waals surface area contributed by atoms with Crippen molar-refractivity contribution >= 4 is 0 Å². The second-order valence-corrected chi connectivity index (χ2v) is 5.37. The first kappa shape index (κ1) is 19.5. The SMILES string of the molecule is COc1ccc(-n2cnc(C)c2)c(C#N)c1.COc1ccc(F)c(C#N)c1. The maximum Gasteiger partial charge on any atom is 0.141 e. The van der Waals surface area contributed by atoms with Gasteiger partial charge in [0.2, 0.25) is 0 Å². The fraction of sp³-hybridized carbons (Fsp3) is 0.150. The fourth-order valence-corrected chi connectivity index (χ4v) is 2.23. The van der Waals surface area contributed by atoms with E-state index >= 15 is 0 Å². The lowest BCUT2D eigenvalue weighted by atomic mass is 10.2. The Morgan fingerprint density at radius 2 is 1.56 bits per heavy atom. The first-order valence-electron chi connectivity index (χ1n) is 7.85. The summed E-state index contributed by atoms with van der Waals surface area (Å²) in [5.74, 6) is 0.647. The third kappa shape index (κ3) is 4.83. The summed E-state index contributed by atoms with van der Waals surface area (Å²) in [6.45, 7) is 1.91. The van der Waals surface area contributed by atoms with Crippen LogP contribution in [0.3, 0.4) is 0 Å². The minimum Gasteiger partial charge on any atom is -0.497 e. The Balaban J connectivity index is 0.000000208. The van der Waals surface area contributed by atoms with Gasteiger partial charge in [-0.3, -0.25) is 0 Å². The zero-order valence-electron chi connectivity index (χ0n) is 15.1. The van der Waals surface area contributed by atoms with E-state index in [1.807, 2.05) is 29.8 Å². The van der Waals surface area contributed by atoms with Gasteiger partial charge in [-0.15, -0.1) is 0 Å². The molecule has 0 saturated carbocycles. The molecule has 0 amide bonds. The molecule has 1 aromatic heterocycles. The van der Waals surface area contributed by atoms with Gasteiger partial charge < -0.3 is 14.0 Å². The zero-order chi connectivity index (χ0) is 19.8. The van der Waals surface area contributed by atoms with Crippen LogP contribution in [-0.4, -0.2) is 23.8 Å². The van der Waals surface area contributed by atoms with Crippen molar-refractivity contribution in [1.29, 1.82) is 10.5 Å². The van der Waals surface area contributed by atoms with Gasteiger partial charge >= 0.3 is 0 Å². The molecule has 0 aliphatic carbocycles. The maximum atomic E-state index is 12.6. The lowest BCUT2D eigenvalue weighted by molar-refractivity contribution is 0.413. The molecule has 2 aromatic carbocycles. The Morgan fingerprint density at radius 3 is 2.07 bits per heavy atom. The van der Waals surface area contributed by atoms with Crippen molar-refractivity contribution in [2.45, 2.75) is 6.92 Å². The second kappa shape index (κ2) is 9.02. The van der Waals surface area contributed by atoms with E-state index in [1.54, 1.807) is 25.6 Å². The summed E-state index contributed by atoms with van der Waals surface area (Å²) >= 11 is 0. The Morgan fingerprint density at radius 1 is 0.963 bits per heavy atom. The van der Waals surface area contributed by atoms with Crippen molar-refractivity contribution < 1.29 is 13.9 Å². The number of nitrogens with zero attached hydrogens (tertiary/aromatic N) is 4. The summed E-state index contributed by atoms with van der Waals surface area (Å²) in [4.78, 5) is 4.13. The third-order valence-electron chi connectivity index (χ3n) is 3.61. The van der Waals surface area contributed by atoms with Crippen molar-refractivity contribution in [3.05, 3.63) is 71.6 Å². The number of nitriles is 2. The van der Waals surface area contributed by atoms with Gasteiger partial charge in [-0.05, 0) is 31.2 Å². The van der Waals surface area contributed by atoms with Crippen molar-refractivity contribution in [1.82, 2.24) is 9.55 Å². The van der Waals surface area contributed by atoms with E-state index in [1.165, 1.54) is 25.3 Å². The number of aromatic nitrogens is 2. The van der Waals surface area contributed by atoms with Crippen molar-refractivity contribution in [2.24, 2.45) is 0 Å². The summed E-state index contributed by atoms with van der Waals surface area (Å²) in [6.07, 6.45) is 3.57. The molecule has 0 aliphatic heterocycles. The molecule has 6 nitrogen and oxygen atoms in total. The predicted octanol–water partition coefficient (Wildman–Crippen LogP) is 3.77. The minimum absolute atomic E-state index is 0.00403. The zero-order valence-corrected chi connectivity index (χ0v) is 15.1. The van der Waals surface area contributed by atoms with E-state index in [0.717, 1.165) is 11.4 Å². The summed E-state index contributed by atoms with van der Waals surface area (Å²) in [7, 11) is 3.05. The lowest BCUT2D eigenvalue weighted by Crippen LogP contribution is -1.95. The highest BCUT2D eigenvalue weighted by atomic mass is 19.1. The van der Waals surface area contributed by atoms with Gasteiger partial charge in [0.1, 0.15) is 29.5 Å². The van der Waals surface area contributed by atoms with Gasteiger partial charge in [-0.25, -0.2) is 9.37 Å². The molecule has 1 heterocycles. The normalized spacial score (nSPS) is 9.41. The average Bonchev–Trinajstić information content (AvgIpc) is 3.14. The van der Waals surface area contributed by atoms with Crippen LogP contribution in [0.5, 0.6) is 11.5 Å². The monoisotopic (exact) mass is 364 g/mol. The van der Waals surface area contributed by atoms with Crippen LogP contribution in [0.15, 0.2) is 48.9 Å². The topological polar surface area (TPSA) is 83.9 Å². The van der Waals surface area contributed by atoms with Crippen LogP contribution in [0.4, 0.5) is 4.39 Å². The number of ether oxygens (including phenoxy) is 2. The number of halogens is 1. The first-order valence-corrected chi connectivity index (χ1v) is 7.85. The molecule has 3 aromatic rings. The largest absolute Gasteiger partial charge is 0.497 e. The van der Waals surface area contributed by atoms with Gasteiger partial charge in [-0.2, -0.15) is 10.5 Å². The van der Waals surface area contributed by atoms with E-state index in [4.69, 9.17) is 20.0 Å². The Labute approximate surface area is 156 Å². The third-order valence-corrected chi connectivity index (χ3v) is 3.61. The molecule has 0 saturated heterocycles. The van der Waals surface area contributed by atoms with E-state index in [-0.39, 0.29) is 5.56 Å². The van der Waals surface area contributed by atoms with Crippen LogP contribution in [0.2, 0.25) is 0 Å². The number of hydrogen-bond donors (Lipinski definition) is 0. The van der Waals surface area contributed by atoms with E-state index in [0.29, 0.717) is 17.1 Å². The standard InChI is InChI=1S/C12H11N3O.C8H6FNO/c1-9-7-15(8-14-9)12-4-3-11(16-2)5-10(12)6-13;1-11-7-2-3-8(9)6(4-7)5-10/h3-5,7-8H,1-2H3;2-4H,1H3. The number of imidazole rings is 1. The molecule has 0 N–H and O–H groups in total. The second-order valence-electron chi connectivity index (χ2n) is 5.37. The maximum absolute atomic E-state index is 12.6. The predicted molar refractivity (Wildman–Crippen MR) is 97.2 cm³/mol. The summed E-state index contributed by atoms with van der Waals surface area (Å²) in [5.41, 5.74) is 2.30. The molecule has 27 heavy (non-hydrogen) atoms. The molecule has 0 fully saturated rings. The number of rotatable bonds is 3. The molecule has 0 spiro atoms. The Bertz CT molecular complexity index is 1020. The molecule has 0 unspecified atom stereocenters. The van der Waals surface area contributed by atoms with E-state index in [2.05, 4.69) is 11.1 Å². The highest BCUT2D eigenvalue weighted by Crippen LogP contribution is 2.20. The quantitative estimate of drug-likeness (QED) is 0.706. The number of hydrogen-bond acceptors (Lipinski definition) is 5. The average molecular weight is 364 g/mol. The van der Waals surface area contributed by atoms with Gasteiger partial charge in [0.15, 0.2) is 0 Å². The van der Waals surface area contributed by atoms with Gasteiger partial charge in [-0.1, -0.05) is 0 Å². The molecular formula is C20H17FN4O2. The summed E-state index contributed by atoms with van der Waals surface area (Å²) in [6, 6.07) is 13.3. The highest BCUT2D eigenvalue weighted by molar-refractivity contribution is 5.52. The molecule has 7 heteroatoms. The van der Waals surface area contributed by atoms with Crippen LogP contribution < -0.4 is 9.47 Å². The summed E-state index contributed by atoms with van der Waals surface area (Å²) < 4.78 is 24.3. The number of methoxy groups -OCH3 is 2. The van der Waals surface area contributed by atoms with Gasteiger partial charge in [0.05, 0.1) is 43.1 Å². The molecule has 0 aliphatic rings. The van der Waals surface area contributed by atoms with Crippen LogP contribution >= 0.6 is 0 Å². The Kier molecular flexibility index (Phi) is 6.51. The smallest absolute Gasteiger partial charge is 0.141 e.